The van der Waals surface area contributed by atoms with E-state index in [9.17, 15) is 4.79 Å². The summed E-state index contributed by atoms with van der Waals surface area (Å²) in [6.07, 6.45) is 9.01. The van der Waals surface area contributed by atoms with Crippen molar-refractivity contribution in [3.05, 3.63) is 17.5 Å². The normalized spacial score (nSPS) is 16.3. The van der Waals surface area contributed by atoms with Crippen LogP contribution in [0.2, 0.25) is 0 Å². The molecular weight excluding hydrogens is 216 g/mol. The van der Waals surface area contributed by atoms with Crippen LogP contribution in [0.3, 0.4) is 0 Å². The van der Waals surface area contributed by atoms with Crippen molar-refractivity contribution in [1.29, 1.82) is 0 Å². The van der Waals surface area contributed by atoms with Gasteiger partial charge in [-0.2, -0.15) is 5.10 Å². The third-order valence-electron chi connectivity index (χ3n) is 3.49. The van der Waals surface area contributed by atoms with Gasteiger partial charge in [0, 0.05) is 5.69 Å². The molecule has 0 radical (unpaired) electrons. The van der Waals surface area contributed by atoms with E-state index in [1.807, 2.05) is 6.92 Å². The van der Waals surface area contributed by atoms with Gasteiger partial charge in [0.1, 0.15) is 5.56 Å². The average Bonchev–Trinajstić information content (AvgIpc) is 2.98. The fraction of sp³-hybridized carbons (Fsp3) is 0.692. The van der Waals surface area contributed by atoms with Gasteiger partial charge in [0.15, 0.2) is 0 Å². The largest absolute Gasteiger partial charge is 0.462 e. The lowest BCUT2D eigenvalue weighted by Crippen LogP contribution is -2.07. The van der Waals surface area contributed by atoms with E-state index < -0.39 is 0 Å². The van der Waals surface area contributed by atoms with Crippen molar-refractivity contribution in [1.82, 2.24) is 10.2 Å². The Morgan fingerprint density at radius 2 is 2.29 bits per heavy atom. The van der Waals surface area contributed by atoms with E-state index in [0.29, 0.717) is 12.2 Å². The second kappa shape index (κ2) is 5.84. The number of esters is 1. The predicted octanol–water partition coefficient (Wildman–Crippen LogP) is 2.71. The highest BCUT2D eigenvalue weighted by Gasteiger charge is 2.18. The van der Waals surface area contributed by atoms with Crippen LogP contribution >= 0.6 is 0 Å². The maximum Gasteiger partial charge on any atom is 0.341 e. The lowest BCUT2D eigenvalue weighted by molar-refractivity contribution is 0.0525. The molecule has 1 aromatic rings. The van der Waals surface area contributed by atoms with E-state index in [0.717, 1.165) is 24.5 Å². The van der Waals surface area contributed by atoms with Gasteiger partial charge >= 0.3 is 5.97 Å². The molecule has 1 saturated carbocycles. The minimum Gasteiger partial charge on any atom is -0.462 e. The first-order chi connectivity index (χ1) is 8.31. The number of nitrogens with zero attached hydrogens (tertiary/aromatic N) is 1. The van der Waals surface area contributed by atoms with Gasteiger partial charge in [-0.15, -0.1) is 0 Å². The van der Waals surface area contributed by atoms with E-state index in [-0.39, 0.29) is 5.97 Å². The van der Waals surface area contributed by atoms with Crippen LogP contribution in [-0.2, 0) is 11.2 Å². The molecule has 0 bridgehead atoms. The number of hydrogen-bond donors (Lipinski definition) is 1. The Kier molecular flexibility index (Phi) is 4.18. The number of hydrogen-bond acceptors (Lipinski definition) is 3. The molecular formula is C13H20N2O2. The summed E-state index contributed by atoms with van der Waals surface area (Å²) in [6, 6.07) is 0. The Morgan fingerprint density at radius 3 is 3.00 bits per heavy atom. The number of ether oxygens (including phenoxy) is 1. The Morgan fingerprint density at radius 1 is 1.53 bits per heavy atom. The standard InChI is InChI=1S/C13H20N2O2/c1-2-17-13(16)11-9-14-15-12(11)8-7-10-5-3-4-6-10/h9-10H,2-8H2,1H3,(H,14,15). The van der Waals surface area contributed by atoms with Crippen molar-refractivity contribution in [3.8, 4) is 0 Å². The molecule has 1 aliphatic rings. The number of rotatable bonds is 5. The molecule has 1 heterocycles. The van der Waals surface area contributed by atoms with Crippen LogP contribution < -0.4 is 0 Å². The number of aromatic nitrogens is 2. The van der Waals surface area contributed by atoms with Crippen molar-refractivity contribution in [2.24, 2.45) is 5.92 Å². The number of carbonyl (C=O) groups excluding carboxylic acids is 1. The summed E-state index contributed by atoms with van der Waals surface area (Å²) in [4.78, 5) is 11.6. The van der Waals surface area contributed by atoms with Gasteiger partial charge in [-0.1, -0.05) is 25.7 Å². The van der Waals surface area contributed by atoms with Crippen molar-refractivity contribution in [2.45, 2.75) is 45.4 Å². The molecule has 0 aliphatic heterocycles. The monoisotopic (exact) mass is 236 g/mol. The lowest BCUT2D eigenvalue weighted by Gasteiger charge is -2.08. The molecule has 4 heteroatoms. The van der Waals surface area contributed by atoms with Gasteiger partial charge in [0.25, 0.3) is 0 Å². The van der Waals surface area contributed by atoms with Gasteiger partial charge < -0.3 is 4.74 Å². The van der Waals surface area contributed by atoms with Crippen molar-refractivity contribution >= 4 is 5.97 Å². The molecule has 17 heavy (non-hydrogen) atoms. The summed E-state index contributed by atoms with van der Waals surface area (Å²) in [5.74, 6) is 0.566. The summed E-state index contributed by atoms with van der Waals surface area (Å²) in [6.45, 7) is 2.22. The third-order valence-corrected chi connectivity index (χ3v) is 3.49. The number of nitrogens with one attached hydrogen (secondary N) is 1. The first-order valence-corrected chi connectivity index (χ1v) is 6.50. The summed E-state index contributed by atoms with van der Waals surface area (Å²) in [7, 11) is 0. The van der Waals surface area contributed by atoms with Crippen LogP contribution in [0, 0.1) is 5.92 Å². The highest BCUT2D eigenvalue weighted by Crippen LogP contribution is 2.28. The summed E-state index contributed by atoms with van der Waals surface area (Å²) in [5.41, 5.74) is 1.53. The van der Waals surface area contributed by atoms with Gasteiger partial charge in [0.2, 0.25) is 0 Å². The molecule has 0 spiro atoms. The molecule has 1 fully saturated rings. The highest BCUT2D eigenvalue weighted by atomic mass is 16.5. The average molecular weight is 236 g/mol. The van der Waals surface area contributed by atoms with Crippen LogP contribution in [0.4, 0.5) is 0 Å². The second-order valence-corrected chi connectivity index (χ2v) is 4.67. The maximum atomic E-state index is 11.6. The Balaban J connectivity index is 1.91. The van der Waals surface area contributed by atoms with Crippen LogP contribution in [0.25, 0.3) is 0 Å². The smallest absolute Gasteiger partial charge is 0.341 e. The number of H-pyrrole nitrogens is 1. The second-order valence-electron chi connectivity index (χ2n) is 4.67. The van der Waals surface area contributed by atoms with Gasteiger partial charge in [-0.05, 0) is 25.7 Å². The topological polar surface area (TPSA) is 55.0 Å². The third kappa shape index (κ3) is 3.08. The van der Waals surface area contributed by atoms with Crippen LogP contribution in [0.5, 0.6) is 0 Å². The predicted molar refractivity (Wildman–Crippen MR) is 64.8 cm³/mol. The quantitative estimate of drug-likeness (QED) is 0.800. The summed E-state index contributed by atoms with van der Waals surface area (Å²) >= 11 is 0. The molecule has 0 aromatic carbocycles. The molecule has 0 amide bonds. The minimum atomic E-state index is -0.261. The zero-order valence-electron chi connectivity index (χ0n) is 10.4. The van der Waals surface area contributed by atoms with E-state index >= 15 is 0 Å². The zero-order chi connectivity index (χ0) is 12.1. The van der Waals surface area contributed by atoms with Crippen molar-refractivity contribution in [2.75, 3.05) is 6.61 Å². The number of aryl methyl sites for hydroxylation is 1. The van der Waals surface area contributed by atoms with Crippen LogP contribution in [-0.4, -0.2) is 22.8 Å². The Bertz CT molecular complexity index is 367. The molecule has 1 aliphatic carbocycles. The number of carbonyl (C=O) groups is 1. The SMILES string of the molecule is CCOC(=O)c1cn[nH]c1CCC1CCCC1. The van der Waals surface area contributed by atoms with E-state index in [1.165, 1.54) is 25.7 Å². The van der Waals surface area contributed by atoms with Crippen LogP contribution in [0.15, 0.2) is 6.20 Å². The fourth-order valence-corrected chi connectivity index (χ4v) is 2.54. The summed E-state index contributed by atoms with van der Waals surface area (Å²) in [5, 5.41) is 6.86. The van der Waals surface area contributed by atoms with Gasteiger partial charge in [-0.25, -0.2) is 4.79 Å². The molecule has 1 N–H and O–H groups in total. The molecule has 0 saturated heterocycles. The lowest BCUT2D eigenvalue weighted by atomic mass is 9.99. The molecule has 94 valence electrons. The van der Waals surface area contributed by atoms with Crippen molar-refractivity contribution < 1.29 is 9.53 Å². The molecule has 2 rings (SSSR count). The molecule has 0 unspecified atom stereocenters. The zero-order valence-corrected chi connectivity index (χ0v) is 10.4. The van der Waals surface area contributed by atoms with Crippen molar-refractivity contribution in [3.63, 3.8) is 0 Å². The first kappa shape index (κ1) is 12.1. The Labute approximate surface area is 102 Å². The molecule has 0 atom stereocenters. The molecule has 1 aromatic heterocycles. The Hall–Kier alpha value is -1.32. The number of aromatic amines is 1. The van der Waals surface area contributed by atoms with E-state index in [2.05, 4.69) is 10.2 Å². The fourth-order valence-electron chi connectivity index (χ4n) is 2.54. The first-order valence-electron chi connectivity index (χ1n) is 6.50. The highest BCUT2D eigenvalue weighted by molar-refractivity contribution is 5.90. The van der Waals surface area contributed by atoms with Gasteiger partial charge in [0.05, 0.1) is 12.8 Å². The molecule has 4 nitrogen and oxygen atoms in total. The van der Waals surface area contributed by atoms with Gasteiger partial charge in [-0.3, -0.25) is 5.10 Å². The van der Waals surface area contributed by atoms with Crippen LogP contribution in [0.1, 0.15) is 55.1 Å². The summed E-state index contributed by atoms with van der Waals surface area (Å²) < 4.78 is 5.00. The van der Waals surface area contributed by atoms with E-state index in [1.54, 1.807) is 6.20 Å². The maximum absolute atomic E-state index is 11.6. The minimum absolute atomic E-state index is 0.261. The van der Waals surface area contributed by atoms with E-state index in [4.69, 9.17) is 4.74 Å².